The molecule has 100 valence electrons. The number of rotatable bonds is 4. The number of aryl methyl sites for hydroxylation is 1. The lowest BCUT2D eigenvalue weighted by atomic mass is 10.1. The Morgan fingerprint density at radius 3 is 2.68 bits per heavy atom. The van der Waals surface area contributed by atoms with E-state index in [1.807, 2.05) is 25.1 Å². The van der Waals surface area contributed by atoms with Crippen molar-refractivity contribution in [1.82, 2.24) is 0 Å². The van der Waals surface area contributed by atoms with Crippen LogP contribution in [-0.2, 0) is 6.42 Å². The van der Waals surface area contributed by atoms with Crippen LogP contribution in [0.4, 0.5) is 4.39 Å². The Hall–Kier alpha value is -1.58. The summed E-state index contributed by atoms with van der Waals surface area (Å²) in [6.07, 6.45) is 0.715. The van der Waals surface area contributed by atoms with E-state index >= 15 is 0 Å². The second kappa shape index (κ2) is 6.04. The van der Waals surface area contributed by atoms with Gasteiger partial charge in [0, 0.05) is 6.07 Å². The van der Waals surface area contributed by atoms with Gasteiger partial charge in [0.15, 0.2) is 0 Å². The number of halogens is 2. The van der Waals surface area contributed by atoms with Crippen molar-refractivity contribution in [3.63, 3.8) is 0 Å². The molecular weight excluding hydrogens is 265 g/mol. The van der Waals surface area contributed by atoms with Crippen LogP contribution < -0.4 is 10.5 Å². The van der Waals surface area contributed by atoms with E-state index in [4.69, 9.17) is 22.1 Å². The molecule has 0 atom stereocenters. The topological polar surface area (TPSA) is 35.2 Å². The summed E-state index contributed by atoms with van der Waals surface area (Å²) < 4.78 is 19.1. The Bertz CT molecular complexity index is 586. The second-order valence-electron chi connectivity index (χ2n) is 4.33. The zero-order valence-corrected chi connectivity index (χ0v) is 11.4. The summed E-state index contributed by atoms with van der Waals surface area (Å²) in [5, 5.41) is 0.0819. The molecule has 0 fully saturated rings. The first-order valence-electron chi connectivity index (χ1n) is 6.02. The van der Waals surface area contributed by atoms with Crippen LogP contribution in [0.3, 0.4) is 0 Å². The minimum Gasteiger partial charge on any atom is -0.457 e. The Balaban J connectivity index is 2.29. The highest BCUT2D eigenvalue weighted by molar-refractivity contribution is 6.30. The van der Waals surface area contributed by atoms with Gasteiger partial charge in [-0.3, -0.25) is 0 Å². The molecule has 2 aromatic carbocycles. The maximum absolute atomic E-state index is 13.4. The molecule has 0 aliphatic carbocycles. The van der Waals surface area contributed by atoms with Crippen LogP contribution in [0.15, 0.2) is 36.4 Å². The molecule has 0 aliphatic rings. The molecule has 0 amide bonds. The van der Waals surface area contributed by atoms with Crippen molar-refractivity contribution >= 4 is 11.6 Å². The van der Waals surface area contributed by atoms with Crippen LogP contribution in [0.5, 0.6) is 11.5 Å². The van der Waals surface area contributed by atoms with Gasteiger partial charge in [-0.1, -0.05) is 29.3 Å². The summed E-state index contributed by atoms with van der Waals surface area (Å²) in [6, 6.07) is 10.2. The van der Waals surface area contributed by atoms with Crippen LogP contribution >= 0.6 is 11.6 Å². The Morgan fingerprint density at radius 1 is 1.21 bits per heavy atom. The molecular formula is C15H15ClFNO. The van der Waals surface area contributed by atoms with Crippen molar-refractivity contribution in [2.75, 3.05) is 6.54 Å². The zero-order valence-electron chi connectivity index (χ0n) is 10.6. The maximum atomic E-state index is 13.4. The fourth-order valence-corrected chi connectivity index (χ4v) is 1.94. The molecule has 0 bridgehead atoms. The molecule has 2 rings (SSSR count). The molecule has 0 saturated heterocycles. The summed E-state index contributed by atoms with van der Waals surface area (Å²) in [7, 11) is 0. The van der Waals surface area contributed by atoms with Gasteiger partial charge in [-0.15, -0.1) is 0 Å². The van der Waals surface area contributed by atoms with Crippen molar-refractivity contribution < 1.29 is 9.13 Å². The molecule has 0 aromatic heterocycles. The van der Waals surface area contributed by atoms with Crippen molar-refractivity contribution in [3.8, 4) is 11.5 Å². The number of ether oxygens (including phenoxy) is 1. The number of hydrogen-bond acceptors (Lipinski definition) is 2. The lowest BCUT2D eigenvalue weighted by molar-refractivity contribution is 0.470. The normalized spacial score (nSPS) is 10.5. The quantitative estimate of drug-likeness (QED) is 0.915. The molecule has 0 heterocycles. The molecule has 0 radical (unpaired) electrons. The number of hydrogen-bond donors (Lipinski definition) is 1. The zero-order chi connectivity index (χ0) is 13.8. The summed E-state index contributed by atoms with van der Waals surface area (Å²) in [4.78, 5) is 0. The van der Waals surface area contributed by atoms with Crippen molar-refractivity contribution in [3.05, 3.63) is 58.4 Å². The largest absolute Gasteiger partial charge is 0.457 e. The molecule has 0 spiro atoms. The molecule has 19 heavy (non-hydrogen) atoms. The van der Waals surface area contributed by atoms with E-state index in [-0.39, 0.29) is 5.02 Å². The van der Waals surface area contributed by atoms with E-state index in [0.29, 0.717) is 24.5 Å². The van der Waals surface area contributed by atoms with Crippen molar-refractivity contribution in [2.24, 2.45) is 5.73 Å². The molecule has 0 unspecified atom stereocenters. The molecule has 4 heteroatoms. The average molecular weight is 280 g/mol. The van der Waals surface area contributed by atoms with Gasteiger partial charge in [0.2, 0.25) is 0 Å². The van der Waals surface area contributed by atoms with Gasteiger partial charge >= 0.3 is 0 Å². The van der Waals surface area contributed by atoms with Gasteiger partial charge in [-0.25, -0.2) is 4.39 Å². The van der Waals surface area contributed by atoms with Crippen LogP contribution in [0.25, 0.3) is 0 Å². The standard InChI is InChI=1S/C15H15ClFNO/c1-10-2-5-15(11(8-10)6-7-18)19-12-3-4-13(16)14(17)9-12/h2-5,8-9H,6-7,18H2,1H3. The number of nitrogens with two attached hydrogens (primary N) is 1. The predicted molar refractivity (Wildman–Crippen MR) is 75.4 cm³/mol. The minimum absolute atomic E-state index is 0.0819. The van der Waals surface area contributed by atoms with Gasteiger partial charge in [-0.05, 0) is 43.7 Å². The summed E-state index contributed by atoms with van der Waals surface area (Å²) >= 11 is 5.64. The highest BCUT2D eigenvalue weighted by Crippen LogP contribution is 2.28. The van der Waals surface area contributed by atoms with Crippen LogP contribution in [-0.4, -0.2) is 6.54 Å². The van der Waals surface area contributed by atoms with Gasteiger partial charge < -0.3 is 10.5 Å². The highest BCUT2D eigenvalue weighted by atomic mass is 35.5. The second-order valence-corrected chi connectivity index (χ2v) is 4.74. The highest BCUT2D eigenvalue weighted by Gasteiger charge is 2.07. The van der Waals surface area contributed by atoms with Gasteiger partial charge in [0.25, 0.3) is 0 Å². The SMILES string of the molecule is Cc1ccc(Oc2ccc(Cl)c(F)c2)c(CCN)c1. The average Bonchev–Trinajstić information content (AvgIpc) is 2.37. The molecule has 2 nitrogen and oxygen atoms in total. The first-order chi connectivity index (χ1) is 9.10. The smallest absolute Gasteiger partial charge is 0.145 e. The Labute approximate surface area is 117 Å². The third-order valence-corrected chi connectivity index (χ3v) is 3.06. The van der Waals surface area contributed by atoms with E-state index in [2.05, 4.69) is 0 Å². The van der Waals surface area contributed by atoms with Crippen LogP contribution in [0.1, 0.15) is 11.1 Å². The van der Waals surface area contributed by atoms with E-state index in [0.717, 1.165) is 11.1 Å². The third kappa shape index (κ3) is 3.46. The van der Waals surface area contributed by atoms with Crippen molar-refractivity contribution in [1.29, 1.82) is 0 Å². The first-order valence-corrected chi connectivity index (χ1v) is 6.40. The van der Waals surface area contributed by atoms with Gasteiger partial charge in [0.1, 0.15) is 17.3 Å². The van der Waals surface area contributed by atoms with E-state index < -0.39 is 5.82 Å². The predicted octanol–water partition coefficient (Wildman–Crippen LogP) is 4.08. The summed E-state index contributed by atoms with van der Waals surface area (Å²) in [5.74, 6) is 0.619. The Morgan fingerprint density at radius 2 is 2.00 bits per heavy atom. The van der Waals surface area contributed by atoms with Crippen molar-refractivity contribution in [2.45, 2.75) is 13.3 Å². The molecule has 2 N–H and O–H groups in total. The molecule has 0 saturated carbocycles. The van der Waals surface area contributed by atoms with E-state index in [1.165, 1.54) is 12.1 Å². The van der Waals surface area contributed by atoms with Crippen LogP contribution in [0, 0.1) is 12.7 Å². The third-order valence-electron chi connectivity index (χ3n) is 2.75. The Kier molecular flexibility index (Phi) is 4.40. The minimum atomic E-state index is -0.494. The van der Waals surface area contributed by atoms with E-state index in [9.17, 15) is 4.39 Å². The van der Waals surface area contributed by atoms with Crippen LogP contribution in [0.2, 0.25) is 5.02 Å². The molecule has 0 aliphatic heterocycles. The van der Waals surface area contributed by atoms with Gasteiger partial charge in [0.05, 0.1) is 5.02 Å². The monoisotopic (exact) mass is 279 g/mol. The fourth-order valence-electron chi connectivity index (χ4n) is 1.83. The number of benzene rings is 2. The maximum Gasteiger partial charge on any atom is 0.145 e. The van der Waals surface area contributed by atoms with E-state index in [1.54, 1.807) is 6.07 Å². The van der Waals surface area contributed by atoms with Gasteiger partial charge in [-0.2, -0.15) is 0 Å². The first kappa shape index (κ1) is 13.8. The summed E-state index contributed by atoms with van der Waals surface area (Å²) in [5.41, 5.74) is 7.73. The molecule has 2 aromatic rings. The lowest BCUT2D eigenvalue weighted by Gasteiger charge is -2.12. The lowest BCUT2D eigenvalue weighted by Crippen LogP contribution is -2.04. The summed E-state index contributed by atoms with van der Waals surface area (Å²) in [6.45, 7) is 2.54. The fraction of sp³-hybridized carbons (Fsp3) is 0.200.